The van der Waals surface area contributed by atoms with Gasteiger partial charge < -0.3 is 14.6 Å². The van der Waals surface area contributed by atoms with Gasteiger partial charge in [0.05, 0.1) is 6.10 Å². The largest absolute Gasteiger partial charge is 0.373 e. The first kappa shape index (κ1) is 15.8. The van der Waals surface area contributed by atoms with E-state index in [4.69, 9.17) is 9.26 Å². The average Bonchev–Trinajstić information content (AvgIpc) is 3.12. The van der Waals surface area contributed by atoms with Gasteiger partial charge >= 0.3 is 6.01 Å². The van der Waals surface area contributed by atoms with Crippen LogP contribution in [0.4, 0.5) is 6.01 Å². The molecular formula is C20H21N3O2. The van der Waals surface area contributed by atoms with E-state index in [0.29, 0.717) is 11.8 Å². The summed E-state index contributed by atoms with van der Waals surface area (Å²) in [6.07, 6.45) is 1.91. The quantitative estimate of drug-likeness (QED) is 0.767. The highest BCUT2D eigenvalue weighted by atomic mass is 16.5. The van der Waals surface area contributed by atoms with Gasteiger partial charge in [0.15, 0.2) is 0 Å². The van der Waals surface area contributed by atoms with E-state index in [1.54, 1.807) is 0 Å². The molecular weight excluding hydrogens is 314 g/mol. The molecule has 25 heavy (non-hydrogen) atoms. The molecule has 1 aliphatic heterocycles. The van der Waals surface area contributed by atoms with Crippen molar-refractivity contribution in [3.05, 3.63) is 65.7 Å². The molecule has 128 valence electrons. The zero-order valence-electron chi connectivity index (χ0n) is 14.2. The second-order valence-electron chi connectivity index (χ2n) is 6.42. The number of nitrogens with one attached hydrogen (secondary N) is 1. The Labute approximate surface area is 147 Å². The summed E-state index contributed by atoms with van der Waals surface area (Å²) in [7, 11) is 0. The van der Waals surface area contributed by atoms with Gasteiger partial charge in [-0.3, -0.25) is 0 Å². The van der Waals surface area contributed by atoms with Gasteiger partial charge in [-0.1, -0.05) is 65.3 Å². The van der Waals surface area contributed by atoms with Gasteiger partial charge in [-0.05, 0) is 25.3 Å². The Hall–Kier alpha value is -2.66. The highest BCUT2D eigenvalue weighted by Crippen LogP contribution is 2.29. The number of hydrogen-bond acceptors (Lipinski definition) is 5. The highest BCUT2D eigenvalue weighted by Gasteiger charge is 2.25. The molecule has 2 unspecified atom stereocenters. The van der Waals surface area contributed by atoms with Crippen LogP contribution >= 0.6 is 0 Å². The maximum Gasteiger partial charge on any atom is 0.322 e. The minimum atomic E-state index is 0.104. The van der Waals surface area contributed by atoms with Gasteiger partial charge in [-0.25, -0.2) is 0 Å². The summed E-state index contributed by atoms with van der Waals surface area (Å²) < 4.78 is 11.3. The van der Waals surface area contributed by atoms with Gasteiger partial charge in [-0.2, -0.15) is 4.98 Å². The molecule has 2 atom stereocenters. The van der Waals surface area contributed by atoms with Gasteiger partial charge in [-0.15, -0.1) is 0 Å². The van der Waals surface area contributed by atoms with E-state index in [-0.39, 0.29) is 12.1 Å². The molecule has 5 heteroatoms. The SMILES string of the molecule is Cc1ccc(-c2noc(NC3CCOC(c4ccccc4)C3)n2)cc1. The molecule has 0 amide bonds. The molecule has 0 aliphatic carbocycles. The lowest BCUT2D eigenvalue weighted by Gasteiger charge is -2.29. The molecule has 0 bridgehead atoms. The summed E-state index contributed by atoms with van der Waals surface area (Å²) in [4.78, 5) is 4.47. The summed E-state index contributed by atoms with van der Waals surface area (Å²) in [6.45, 7) is 2.78. The summed E-state index contributed by atoms with van der Waals surface area (Å²) >= 11 is 0. The molecule has 5 nitrogen and oxygen atoms in total. The molecule has 4 rings (SSSR count). The minimum Gasteiger partial charge on any atom is -0.373 e. The van der Waals surface area contributed by atoms with Crippen LogP contribution in [0.3, 0.4) is 0 Å². The van der Waals surface area contributed by atoms with E-state index in [2.05, 4.69) is 34.5 Å². The third-order valence-corrected chi connectivity index (χ3v) is 4.52. The second kappa shape index (κ2) is 7.07. The number of benzene rings is 2. The number of ether oxygens (including phenoxy) is 1. The third kappa shape index (κ3) is 3.72. The molecule has 2 heterocycles. The standard InChI is InChI=1S/C20H21N3O2/c1-14-7-9-16(10-8-14)19-22-20(25-23-19)21-17-11-12-24-18(13-17)15-5-3-2-4-6-15/h2-10,17-18H,11-13H2,1H3,(H,21,22,23). The van der Waals surface area contributed by atoms with Crippen LogP contribution in [0.15, 0.2) is 59.1 Å². The van der Waals surface area contributed by atoms with Crippen LogP contribution in [0.1, 0.15) is 30.1 Å². The Morgan fingerprint density at radius 1 is 1.04 bits per heavy atom. The molecule has 1 saturated heterocycles. The lowest BCUT2D eigenvalue weighted by molar-refractivity contribution is 0.00941. The molecule has 1 fully saturated rings. The zero-order chi connectivity index (χ0) is 17.1. The summed E-state index contributed by atoms with van der Waals surface area (Å²) in [6, 6.07) is 19.1. The van der Waals surface area contributed by atoms with Crippen LogP contribution in [-0.2, 0) is 4.74 Å². The first-order valence-corrected chi connectivity index (χ1v) is 8.62. The van der Waals surface area contributed by atoms with Crippen molar-refractivity contribution in [3.63, 3.8) is 0 Å². The molecule has 0 spiro atoms. The predicted octanol–water partition coefficient (Wildman–Crippen LogP) is 4.38. The fourth-order valence-electron chi connectivity index (χ4n) is 3.10. The van der Waals surface area contributed by atoms with Gasteiger partial charge in [0.2, 0.25) is 5.82 Å². The fourth-order valence-corrected chi connectivity index (χ4v) is 3.10. The van der Waals surface area contributed by atoms with E-state index in [1.165, 1.54) is 11.1 Å². The Kier molecular flexibility index (Phi) is 4.48. The Balaban J connectivity index is 1.43. The monoisotopic (exact) mass is 335 g/mol. The van der Waals surface area contributed by atoms with Gasteiger partial charge in [0.1, 0.15) is 0 Å². The van der Waals surface area contributed by atoms with Crippen LogP contribution in [0.2, 0.25) is 0 Å². The number of aryl methyl sites for hydroxylation is 1. The molecule has 0 radical (unpaired) electrons. The van der Waals surface area contributed by atoms with Crippen LogP contribution < -0.4 is 5.32 Å². The van der Waals surface area contributed by atoms with Gasteiger partial charge in [0, 0.05) is 18.2 Å². The predicted molar refractivity (Wildman–Crippen MR) is 96.3 cm³/mol. The van der Waals surface area contributed by atoms with E-state index in [1.807, 2.05) is 42.5 Å². The molecule has 1 aromatic heterocycles. The van der Waals surface area contributed by atoms with Crippen molar-refractivity contribution < 1.29 is 9.26 Å². The van der Waals surface area contributed by atoms with Crippen molar-refractivity contribution in [3.8, 4) is 11.4 Å². The Bertz CT molecular complexity index is 814. The average molecular weight is 335 g/mol. The molecule has 0 saturated carbocycles. The maximum absolute atomic E-state index is 5.91. The molecule has 2 aromatic carbocycles. The lowest BCUT2D eigenvalue weighted by Crippen LogP contribution is -2.30. The van der Waals surface area contributed by atoms with Crippen molar-refractivity contribution in [2.45, 2.75) is 31.9 Å². The number of aromatic nitrogens is 2. The van der Waals surface area contributed by atoms with E-state index in [0.717, 1.165) is 25.0 Å². The Morgan fingerprint density at radius 2 is 1.84 bits per heavy atom. The van der Waals surface area contributed by atoms with E-state index in [9.17, 15) is 0 Å². The van der Waals surface area contributed by atoms with E-state index < -0.39 is 0 Å². The van der Waals surface area contributed by atoms with Crippen molar-refractivity contribution in [1.82, 2.24) is 10.1 Å². The maximum atomic E-state index is 5.91. The highest BCUT2D eigenvalue weighted by molar-refractivity contribution is 5.55. The fraction of sp³-hybridized carbons (Fsp3) is 0.300. The van der Waals surface area contributed by atoms with Crippen LogP contribution in [0, 0.1) is 6.92 Å². The normalized spacial score (nSPS) is 20.4. The van der Waals surface area contributed by atoms with Crippen molar-refractivity contribution in [1.29, 1.82) is 0 Å². The number of nitrogens with zero attached hydrogens (tertiary/aromatic N) is 2. The summed E-state index contributed by atoms with van der Waals surface area (Å²) in [5.74, 6) is 0.606. The van der Waals surface area contributed by atoms with Crippen LogP contribution in [0.25, 0.3) is 11.4 Å². The lowest BCUT2D eigenvalue weighted by atomic mass is 9.98. The smallest absolute Gasteiger partial charge is 0.322 e. The number of rotatable bonds is 4. The van der Waals surface area contributed by atoms with Crippen LogP contribution in [0.5, 0.6) is 0 Å². The van der Waals surface area contributed by atoms with Gasteiger partial charge in [0.25, 0.3) is 0 Å². The third-order valence-electron chi connectivity index (χ3n) is 4.52. The summed E-state index contributed by atoms with van der Waals surface area (Å²) in [5, 5.41) is 7.44. The number of anilines is 1. The topological polar surface area (TPSA) is 60.2 Å². The van der Waals surface area contributed by atoms with Crippen LogP contribution in [-0.4, -0.2) is 22.8 Å². The molecule has 1 aliphatic rings. The van der Waals surface area contributed by atoms with Crippen molar-refractivity contribution in [2.24, 2.45) is 0 Å². The second-order valence-corrected chi connectivity index (χ2v) is 6.42. The first-order valence-electron chi connectivity index (χ1n) is 8.62. The van der Waals surface area contributed by atoms with Crippen molar-refractivity contribution >= 4 is 6.01 Å². The summed E-state index contributed by atoms with van der Waals surface area (Å²) in [5.41, 5.74) is 3.37. The zero-order valence-corrected chi connectivity index (χ0v) is 14.2. The Morgan fingerprint density at radius 3 is 2.64 bits per heavy atom. The molecule has 1 N–H and O–H groups in total. The minimum absolute atomic E-state index is 0.104. The molecule has 3 aromatic rings. The van der Waals surface area contributed by atoms with Crippen molar-refractivity contribution in [2.75, 3.05) is 11.9 Å². The first-order chi connectivity index (χ1) is 12.3. The number of hydrogen-bond donors (Lipinski definition) is 1. The van der Waals surface area contributed by atoms with E-state index >= 15 is 0 Å².